The zero-order valence-electron chi connectivity index (χ0n) is 12.7. The molecule has 112 valence electrons. The smallest absolute Gasteiger partial charge is 0.123 e. The fourth-order valence-corrected chi connectivity index (χ4v) is 2.99. The third kappa shape index (κ3) is 4.11. The van der Waals surface area contributed by atoms with E-state index < -0.39 is 0 Å². The van der Waals surface area contributed by atoms with E-state index in [1.54, 1.807) is 7.11 Å². The van der Waals surface area contributed by atoms with Crippen molar-refractivity contribution in [2.45, 2.75) is 32.9 Å². The molecule has 1 fully saturated rings. The second-order valence-corrected chi connectivity index (χ2v) is 6.27. The molecule has 1 unspecified atom stereocenters. The summed E-state index contributed by atoms with van der Waals surface area (Å²) in [5.41, 5.74) is 1.12. The molecule has 0 amide bonds. The van der Waals surface area contributed by atoms with Crippen LogP contribution in [0.5, 0.6) is 5.75 Å². The summed E-state index contributed by atoms with van der Waals surface area (Å²) in [5, 5.41) is 4.30. The van der Waals surface area contributed by atoms with Crippen molar-refractivity contribution < 1.29 is 4.74 Å². The molecule has 1 atom stereocenters. The largest absolute Gasteiger partial charge is 0.496 e. The molecule has 0 aliphatic carbocycles. The van der Waals surface area contributed by atoms with Gasteiger partial charge in [0.05, 0.1) is 7.11 Å². The fraction of sp³-hybridized carbons (Fsp3) is 0.625. The Morgan fingerprint density at radius 3 is 2.90 bits per heavy atom. The highest BCUT2D eigenvalue weighted by molar-refractivity contribution is 6.30. The summed E-state index contributed by atoms with van der Waals surface area (Å²) >= 11 is 6.04. The lowest BCUT2D eigenvalue weighted by Crippen LogP contribution is -2.30. The van der Waals surface area contributed by atoms with Crippen LogP contribution in [0, 0.1) is 5.92 Å². The molecule has 0 saturated carbocycles. The highest BCUT2D eigenvalue weighted by Gasteiger charge is 2.23. The number of ether oxygens (including phenoxy) is 1. The number of methoxy groups -OCH3 is 1. The van der Waals surface area contributed by atoms with Crippen LogP contribution in [-0.2, 0) is 6.54 Å². The number of benzene rings is 1. The summed E-state index contributed by atoms with van der Waals surface area (Å²) in [5.74, 6) is 1.65. The predicted octanol–water partition coefficient (Wildman–Crippen LogP) is 3.17. The molecule has 3 nitrogen and oxygen atoms in total. The van der Waals surface area contributed by atoms with Gasteiger partial charge in [-0.1, -0.05) is 11.6 Å². The van der Waals surface area contributed by atoms with Crippen LogP contribution in [-0.4, -0.2) is 37.7 Å². The second-order valence-electron chi connectivity index (χ2n) is 5.83. The first kappa shape index (κ1) is 15.6. The third-order valence-corrected chi connectivity index (χ3v) is 4.27. The van der Waals surface area contributed by atoms with E-state index in [1.165, 1.54) is 19.5 Å². The number of halogens is 1. The number of nitrogens with one attached hydrogen (secondary N) is 1. The Morgan fingerprint density at radius 1 is 1.45 bits per heavy atom. The van der Waals surface area contributed by atoms with Gasteiger partial charge in [-0.3, -0.25) is 0 Å². The monoisotopic (exact) mass is 296 g/mol. The topological polar surface area (TPSA) is 24.5 Å². The van der Waals surface area contributed by atoms with Crippen LogP contribution >= 0.6 is 11.6 Å². The van der Waals surface area contributed by atoms with Crippen LogP contribution in [0.2, 0.25) is 5.02 Å². The summed E-state index contributed by atoms with van der Waals surface area (Å²) in [6, 6.07) is 6.42. The molecule has 1 aliphatic rings. The molecule has 20 heavy (non-hydrogen) atoms. The van der Waals surface area contributed by atoms with Crippen molar-refractivity contribution in [1.82, 2.24) is 10.2 Å². The van der Waals surface area contributed by atoms with Gasteiger partial charge in [-0.25, -0.2) is 0 Å². The Balaban J connectivity index is 1.80. The van der Waals surface area contributed by atoms with E-state index in [-0.39, 0.29) is 0 Å². The van der Waals surface area contributed by atoms with Crippen molar-refractivity contribution in [3.05, 3.63) is 28.8 Å². The Morgan fingerprint density at radius 2 is 2.25 bits per heavy atom. The van der Waals surface area contributed by atoms with Crippen molar-refractivity contribution in [2.24, 2.45) is 5.92 Å². The number of rotatable bonds is 6. The van der Waals surface area contributed by atoms with E-state index in [4.69, 9.17) is 16.3 Å². The van der Waals surface area contributed by atoms with Crippen LogP contribution in [0.4, 0.5) is 0 Å². The standard InChI is InChI=1S/C16H25ClN2O/c1-12(2)19-7-6-13(11-19)9-18-10-14-8-15(17)4-5-16(14)20-3/h4-5,8,12-13,18H,6-7,9-11H2,1-3H3. The molecule has 4 heteroatoms. The number of hydrogen-bond donors (Lipinski definition) is 1. The summed E-state index contributed by atoms with van der Waals surface area (Å²) in [6.07, 6.45) is 1.29. The fourth-order valence-electron chi connectivity index (χ4n) is 2.79. The van der Waals surface area contributed by atoms with Gasteiger partial charge in [0.25, 0.3) is 0 Å². The van der Waals surface area contributed by atoms with Crippen molar-refractivity contribution in [3.8, 4) is 5.75 Å². The maximum Gasteiger partial charge on any atom is 0.123 e. The van der Waals surface area contributed by atoms with Crippen LogP contribution in [0.25, 0.3) is 0 Å². The molecule has 1 aromatic carbocycles. The van der Waals surface area contributed by atoms with Crippen LogP contribution in [0.15, 0.2) is 18.2 Å². The van der Waals surface area contributed by atoms with Crippen LogP contribution in [0.3, 0.4) is 0 Å². The van der Waals surface area contributed by atoms with Crippen LogP contribution < -0.4 is 10.1 Å². The van der Waals surface area contributed by atoms with Crippen molar-refractivity contribution in [2.75, 3.05) is 26.7 Å². The maximum atomic E-state index is 6.04. The summed E-state index contributed by atoms with van der Waals surface area (Å²) in [4.78, 5) is 2.55. The lowest BCUT2D eigenvalue weighted by atomic mass is 10.1. The Hall–Kier alpha value is -0.770. The molecule has 0 radical (unpaired) electrons. The molecule has 0 bridgehead atoms. The molecular formula is C16H25ClN2O. The average Bonchev–Trinajstić information content (AvgIpc) is 2.88. The zero-order chi connectivity index (χ0) is 14.5. The maximum absolute atomic E-state index is 6.04. The van der Waals surface area contributed by atoms with E-state index in [0.717, 1.165) is 35.3 Å². The van der Waals surface area contributed by atoms with Crippen molar-refractivity contribution in [3.63, 3.8) is 0 Å². The highest BCUT2D eigenvalue weighted by Crippen LogP contribution is 2.23. The Kier molecular flexibility index (Phi) is 5.70. The second kappa shape index (κ2) is 7.30. The average molecular weight is 297 g/mol. The van der Waals surface area contributed by atoms with Gasteiger partial charge in [0.2, 0.25) is 0 Å². The normalized spacial score (nSPS) is 19.8. The van der Waals surface area contributed by atoms with E-state index in [2.05, 4.69) is 24.1 Å². The lowest BCUT2D eigenvalue weighted by molar-refractivity contribution is 0.264. The van der Waals surface area contributed by atoms with Gasteiger partial charge in [0.1, 0.15) is 5.75 Å². The molecule has 0 aromatic heterocycles. The minimum atomic E-state index is 0.660. The first-order valence-corrected chi connectivity index (χ1v) is 7.75. The Bertz CT molecular complexity index is 436. The summed E-state index contributed by atoms with van der Waals surface area (Å²) < 4.78 is 5.36. The molecule has 1 N–H and O–H groups in total. The van der Waals surface area contributed by atoms with Crippen LogP contribution in [0.1, 0.15) is 25.8 Å². The van der Waals surface area contributed by atoms with Gasteiger partial charge in [-0.15, -0.1) is 0 Å². The molecule has 0 spiro atoms. The number of hydrogen-bond acceptors (Lipinski definition) is 3. The first-order chi connectivity index (χ1) is 9.60. The van der Waals surface area contributed by atoms with E-state index in [0.29, 0.717) is 6.04 Å². The molecule has 1 aromatic rings. The van der Waals surface area contributed by atoms with E-state index in [1.807, 2.05) is 18.2 Å². The van der Waals surface area contributed by atoms with Gasteiger partial charge in [0.15, 0.2) is 0 Å². The molecule has 1 saturated heterocycles. The van der Waals surface area contributed by atoms with Gasteiger partial charge >= 0.3 is 0 Å². The number of nitrogens with zero attached hydrogens (tertiary/aromatic N) is 1. The van der Waals surface area contributed by atoms with Crippen molar-refractivity contribution >= 4 is 11.6 Å². The van der Waals surface area contributed by atoms with Gasteiger partial charge in [-0.2, -0.15) is 0 Å². The number of likely N-dealkylation sites (tertiary alicyclic amines) is 1. The Labute approximate surface area is 127 Å². The van der Waals surface area contributed by atoms with Crippen molar-refractivity contribution in [1.29, 1.82) is 0 Å². The summed E-state index contributed by atoms with van der Waals surface area (Å²) in [7, 11) is 1.70. The van der Waals surface area contributed by atoms with Gasteiger partial charge in [0, 0.05) is 29.7 Å². The minimum absolute atomic E-state index is 0.660. The highest BCUT2D eigenvalue weighted by atomic mass is 35.5. The van der Waals surface area contributed by atoms with E-state index >= 15 is 0 Å². The minimum Gasteiger partial charge on any atom is -0.496 e. The zero-order valence-corrected chi connectivity index (χ0v) is 13.4. The molecular weight excluding hydrogens is 272 g/mol. The SMILES string of the molecule is COc1ccc(Cl)cc1CNCC1CCN(C(C)C)C1. The van der Waals surface area contributed by atoms with E-state index in [9.17, 15) is 0 Å². The predicted molar refractivity (Wildman–Crippen MR) is 84.5 cm³/mol. The summed E-state index contributed by atoms with van der Waals surface area (Å²) in [6.45, 7) is 8.84. The third-order valence-electron chi connectivity index (χ3n) is 4.04. The lowest BCUT2D eigenvalue weighted by Gasteiger charge is -2.20. The van der Waals surface area contributed by atoms with Gasteiger partial charge < -0.3 is 15.0 Å². The quantitative estimate of drug-likeness (QED) is 0.873. The molecule has 2 rings (SSSR count). The van der Waals surface area contributed by atoms with Gasteiger partial charge in [-0.05, 0) is 57.5 Å². The molecule has 1 heterocycles. The molecule has 1 aliphatic heterocycles. The first-order valence-electron chi connectivity index (χ1n) is 7.37.